The molecule has 0 saturated heterocycles. The van der Waals surface area contributed by atoms with Gasteiger partial charge in [0.05, 0.1) is 126 Å². The Morgan fingerprint density at radius 2 is 0.523 bits per heavy atom. The molecule has 0 aliphatic heterocycles. The number of carboxylic acid groups (broad SMARTS) is 3. The Balaban J connectivity index is 0.000000836. The van der Waals surface area contributed by atoms with E-state index in [1.807, 2.05) is 121 Å². The number of aliphatic hydroxyl groups is 4. The number of hydrogen-bond acceptors (Lipinski definition) is 25. The molecule has 0 amide bonds. The van der Waals surface area contributed by atoms with Gasteiger partial charge in [0.15, 0.2) is 15.7 Å². The first-order chi connectivity index (χ1) is 69.3. The van der Waals surface area contributed by atoms with E-state index in [9.17, 15) is 48.6 Å². The monoisotopic (exact) mass is 2180 g/mol. The molecular weight excluding hydrogens is 2030 g/mol. The van der Waals surface area contributed by atoms with Crippen LogP contribution in [0.4, 0.5) is 0 Å². The van der Waals surface area contributed by atoms with E-state index in [0.717, 1.165) is 200 Å². The van der Waals surface area contributed by atoms with Gasteiger partial charge in [-0.25, -0.2) is 0 Å². The van der Waals surface area contributed by atoms with Gasteiger partial charge >= 0.3 is 77.0 Å². The van der Waals surface area contributed by atoms with Crippen molar-refractivity contribution in [1.29, 1.82) is 0 Å². The molecule has 0 aromatic heterocycles. The number of carbonyl (C=O) groups is 9. The zero-order chi connectivity index (χ0) is 111. The summed E-state index contributed by atoms with van der Waals surface area (Å²) in [6.07, 6.45) is 13.9. The molecule has 28 nitrogen and oxygen atoms in total. The summed E-state index contributed by atoms with van der Waals surface area (Å²) in [5.74, 6) is 5.55. The Morgan fingerprint density at radius 1 is 0.342 bits per heavy atom. The van der Waals surface area contributed by atoms with Crippen LogP contribution in [0.15, 0.2) is 170 Å². The fourth-order valence-corrected chi connectivity index (χ4v) is 17.1. The van der Waals surface area contributed by atoms with Crippen molar-refractivity contribution in [3.05, 3.63) is 237 Å². The Labute approximate surface area is 943 Å². The van der Waals surface area contributed by atoms with Gasteiger partial charge in [-0.05, 0) is 302 Å². The smallest absolute Gasteiger partial charge is 1.00 e. The van der Waals surface area contributed by atoms with Gasteiger partial charge in [-0.15, -0.1) is 11.6 Å². The number of aliphatic carboxylic acids is 3. The van der Waals surface area contributed by atoms with Crippen LogP contribution in [0.25, 0.3) is 0 Å². The first-order valence-corrected chi connectivity index (χ1v) is 56.6. The van der Waals surface area contributed by atoms with Gasteiger partial charge in [0.2, 0.25) is 0 Å². The number of benzene rings is 8. The number of hydrogen-bond donors (Lipinski definition) is 7. The molecule has 0 atom stereocenters. The zero-order valence-electron chi connectivity index (χ0n) is 93.4. The summed E-state index contributed by atoms with van der Waals surface area (Å²) in [6.45, 7) is 30.7. The minimum atomic E-state index is -1.82. The number of alkyl halides is 2. The number of aliphatic hydroxyl groups excluding tert-OH is 4. The Kier molecular flexibility index (Phi) is 56.3. The summed E-state index contributed by atoms with van der Waals surface area (Å²) in [5, 5.41) is 68.6. The van der Waals surface area contributed by atoms with E-state index >= 15 is 0 Å². The number of methoxy groups -OCH3 is 9. The quantitative estimate of drug-likeness (QED) is 0.00514. The van der Waals surface area contributed by atoms with Gasteiger partial charge < -0.3 is 94.4 Å². The summed E-state index contributed by atoms with van der Waals surface area (Å²) in [7, 11) is 13.2. The van der Waals surface area contributed by atoms with Crippen molar-refractivity contribution in [1.82, 2.24) is 0 Å². The molecule has 0 radical (unpaired) electrons. The predicted octanol–water partition coefficient (Wildman–Crippen LogP) is 15.1. The average molecular weight is 2180 g/mol. The van der Waals surface area contributed by atoms with Crippen molar-refractivity contribution >= 4 is 103 Å². The van der Waals surface area contributed by atoms with Gasteiger partial charge in [-0.2, -0.15) is 11.1 Å². The summed E-state index contributed by atoms with van der Waals surface area (Å²) < 4.78 is 51.8. The molecule has 0 bridgehead atoms. The first kappa shape index (κ1) is 136. The van der Waals surface area contributed by atoms with Crippen molar-refractivity contribution in [2.24, 2.45) is 0 Å². The molecule has 8 aliphatic carbocycles. The molecule has 16 rings (SSSR count). The second kappa shape index (κ2) is 61.5. The summed E-state index contributed by atoms with van der Waals surface area (Å²) in [5.41, 5.74) is 8.32. The summed E-state index contributed by atoms with van der Waals surface area (Å²) in [6, 6.07) is 53.3. The predicted molar refractivity (Wildman–Crippen MR) is 576 cm³/mol. The molecule has 7 N–H and O–H groups in total. The first-order valence-electron chi connectivity index (χ1n) is 48.6. The largest absolute Gasteiger partial charge is 1.00 e. The molecular formula is C114H157Cl3Na2O28Si2. The maximum Gasteiger partial charge on any atom is 1.00 e. The third-order valence-electron chi connectivity index (χ3n) is 29.3. The number of ketones is 5. The van der Waals surface area contributed by atoms with Crippen LogP contribution < -0.4 is 102 Å². The van der Waals surface area contributed by atoms with E-state index in [2.05, 4.69) is 83.4 Å². The summed E-state index contributed by atoms with van der Waals surface area (Å²) in [4.78, 5) is 103. The van der Waals surface area contributed by atoms with E-state index in [0.29, 0.717) is 53.5 Å². The van der Waals surface area contributed by atoms with Gasteiger partial charge in [-0.1, -0.05) is 139 Å². The number of ether oxygens (including phenoxy) is 9. The van der Waals surface area contributed by atoms with E-state index in [1.54, 1.807) is 134 Å². The van der Waals surface area contributed by atoms with Crippen LogP contribution in [0.1, 0.15) is 247 Å². The minimum absolute atomic E-state index is 0. The van der Waals surface area contributed by atoms with Gasteiger partial charge in [0.1, 0.15) is 81.0 Å². The molecule has 149 heavy (non-hydrogen) atoms. The molecule has 0 heterocycles. The standard InChI is InChI=1S/C19H30O3Si.C13H15ClO2.C13H16O3.C12H14O4.2C12H14O2.2C11H12O3.C6H15ClSi.C2H5ClO.CH2O3.2CH4O.2Na.H/c1-14(20)19(10-11-19)16-8-9-17(21-5)15(12-16)13-22-23(6,7)18(2,3)4;2*1-9(15)13(5-6-13)11-3-4-12(16-2)10(7-11)8-14;1-16-10-3-2-9(6-8(10)7-13)12(4-5-12)11(14)15;2*1-9(13)12(7-8-12)10-3-5-11(14-2)6-4-10;2*1-14-9-4-2-8(3-5-9)11(6-7-11)10(12)13;1-6(2,3)8(4,5)7;1-4-2-3;2-1-4-3;2*1-2;;;/h8-9,12H,10-11,13H2,1-7H3;3-4,7H,5-6,8H2,1-2H3;3-4,7,14H,5-6,8H2,1-2H3;2-3,6,13H,4-5,7H2,1H3,(H,14,15);2*3-6H,7-8H2,1-2H3;2*2-5H,6-7H2,1H3,(H,12,13);1-5H3;2H2,1H3;1,3H;2*2H,1H3;;;/q;;;;;;;;;;;;;2*+1;-1/p-1. The van der Waals surface area contributed by atoms with E-state index < -0.39 is 49.9 Å². The molecule has 8 saturated carbocycles. The molecule has 812 valence electrons. The minimum Gasteiger partial charge on any atom is -1.00 e. The summed E-state index contributed by atoms with van der Waals surface area (Å²) >= 11 is 17.0. The second-order valence-corrected chi connectivity index (χ2v) is 52.8. The van der Waals surface area contributed by atoms with Crippen molar-refractivity contribution < 1.29 is 197 Å². The van der Waals surface area contributed by atoms with Crippen LogP contribution in [0.3, 0.4) is 0 Å². The number of carboxylic acids is 3. The Morgan fingerprint density at radius 3 is 0.691 bits per heavy atom. The molecule has 0 unspecified atom stereocenters. The molecule has 8 aliphatic rings. The second-order valence-electron chi connectivity index (χ2n) is 40.2. The number of carbonyl (C=O) groups excluding carboxylic acids is 6. The van der Waals surface area contributed by atoms with E-state index in [1.165, 1.54) is 7.11 Å². The normalized spacial score (nSPS) is 15.9. The molecule has 8 aromatic carbocycles. The average Bonchev–Trinajstić information content (AvgIpc) is 1.62. The van der Waals surface area contributed by atoms with Crippen LogP contribution in [0.5, 0.6) is 46.0 Å². The Hall–Kier alpha value is -8.59. The van der Waals surface area contributed by atoms with E-state index in [4.69, 9.17) is 112 Å². The maximum absolute atomic E-state index is 12.0. The van der Waals surface area contributed by atoms with Crippen LogP contribution in [-0.4, -0.2) is 189 Å². The van der Waals surface area contributed by atoms with E-state index in [-0.39, 0.29) is 141 Å². The van der Waals surface area contributed by atoms with Gasteiger partial charge in [0, 0.05) is 43.6 Å². The van der Waals surface area contributed by atoms with Crippen molar-refractivity contribution in [3.63, 3.8) is 0 Å². The molecule has 8 fully saturated rings. The van der Waals surface area contributed by atoms with Crippen LogP contribution in [0.2, 0.25) is 36.3 Å². The zero-order valence-corrected chi connectivity index (χ0v) is 101. The topological polar surface area (TPSA) is 420 Å². The van der Waals surface area contributed by atoms with Gasteiger partial charge in [0.25, 0.3) is 6.47 Å². The van der Waals surface area contributed by atoms with Crippen molar-refractivity contribution in [2.75, 3.05) is 84.3 Å². The third kappa shape index (κ3) is 36.8. The van der Waals surface area contributed by atoms with Crippen LogP contribution in [0, 0.1) is 0 Å². The number of Topliss-reactive ketones (excluding diaryl/α,β-unsaturated/α-hetero) is 5. The molecule has 8 aromatic rings. The molecule has 0 spiro atoms. The fourth-order valence-electron chi connectivity index (χ4n) is 16.0. The van der Waals surface area contributed by atoms with Crippen LogP contribution in [-0.2, 0) is 126 Å². The third-order valence-corrected chi connectivity index (χ3v) is 39.6. The Bertz CT molecular complexity index is 5080. The fraction of sp³-hybridized carbons (Fsp3) is 0.500. The van der Waals surface area contributed by atoms with Gasteiger partial charge in [-0.3, -0.25) is 43.2 Å². The maximum atomic E-state index is 12.0. The van der Waals surface area contributed by atoms with Crippen molar-refractivity contribution in [2.45, 2.75) is 284 Å². The van der Waals surface area contributed by atoms with Crippen molar-refractivity contribution in [3.8, 4) is 46.0 Å². The molecule has 35 heteroatoms. The number of halogens is 3. The SMILES string of the molecule is CC(C)(C)[Si](C)(C)Cl.CO.CO.COCCl.COc1ccc(C2(C(=O)O)CC2)cc1.COc1ccc(C2(C(=O)O)CC2)cc1.COc1ccc(C2(C(=O)O)CC2)cc1CO.COc1ccc(C2(C(C)=O)CC2)cc1.COc1ccc(C2(C(C)=O)CC2)cc1.COc1ccc(C2(C(C)=O)CC2)cc1CCl.COc1ccc(C2(C(C)=O)CC2)cc1CO.COc1ccc(C2(C(C)=O)CC2)cc1CO[Si](C)(C)C(C)(C)C.O=CO[O-].[H-].[Na+].[Na+]. The number of rotatable bonds is 32. The van der Waals surface area contributed by atoms with Crippen LogP contribution >= 0.6 is 34.3 Å².